The Morgan fingerprint density at radius 2 is 1.84 bits per heavy atom. The second-order valence-corrected chi connectivity index (χ2v) is 7.94. The van der Waals surface area contributed by atoms with Gasteiger partial charge < -0.3 is 14.2 Å². The lowest BCUT2D eigenvalue weighted by Gasteiger charge is -2.14. The summed E-state index contributed by atoms with van der Waals surface area (Å²) in [5, 5.41) is 0.753. The van der Waals surface area contributed by atoms with Crippen molar-refractivity contribution in [1.29, 1.82) is 0 Å². The molecule has 0 aliphatic carbocycles. The Labute approximate surface area is 195 Å². The topological polar surface area (TPSA) is 57.1 Å². The number of rotatable bonds is 6. The quantitative estimate of drug-likeness (QED) is 0.318. The lowest BCUT2D eigenvalue weighted by atomic mass is 10.1. The summed E-state index contributed by atoms with van der Waals surface area (Å²) in [7, 11) is 1.57. The maximum Gasteiger partial charge on any atom is 0.363 e. The Morgan fingerprint density at radius 1 is 1.03 bits per heavy atom. The molecule has 3 aromatic carbocycles. The number of hydrogen-bond donors (Lipinski definition) is 0. The number of methoxy groups -OCH3 is 1. The fraction of sp³-hybridized carbons (Fsp3) is 0.120. The summed E-state index contributed by atoms with van der Waals surface area (Å²) in [6, 6.07) is 18.4. The Bertz CT molecular complexity index is 1250. The summed E-state index contributed by atoms with van der Waals surface area (Å²) in [6.45, 7) is 2.37. The van der Waals surface area contributed by atoms with Gasteiger partial charge in [0.25, 0.3) is 0 Å². The largest absolute Gasteiger partial charge is 0.493 e. The Balaban J connectivity index is 1.66. The number of nitrogens with zero attached hydrogens (tertiary/aromatic N) is 1. The number of aliphatic imine (C=N–C) groups is 1. The lowest BCUT2D eigenvalue weighted by molar-refractivity contribution is -0.129. The normalized spacial score (nSPS) is 14.3. The smallest absolute Gasteiger partial charge is 0.363 e. The van der Waals surface area contributed by atoms with Crippen molar-refractivity contribution < 1.29 is 19.0 Å². The van der Waals surface area contributed by atoms with Crippen LogP contribution in [0.2, 0.25) is 10.0 Å². The lowest BCUT2D eigenvalue weighted by Crippen LogP contribution is -2.05. The minimum atomic E-state index is -0.571. The Kier molecular flexibility index (Phi) is 6.49. The second kappa shape index (κ2) is 9.47. The van der Waals surface area contributed by atoms with E-state index >= 15 is 0 Å². The molecule has 0 N–H and O–H groups in total. The van der Waals surface area contributed by atoms with E-state index in [1.807, 2.05) is 37.3 Å². The van der Waals surface area contributed by atoms with Crippen LogP contribution in [0, 0.1) is 6.92 Å². The third-order valence-corrected chi connectivity index (χ3v) is 5.51. The van der Waals surface area contributed by atoms with E-state index in [-0.39, 0.29) is 11.6 Å². The van der Waals surface area contributed by atoms with Gasteiger partial charge >= 0.3 is 5.97 Å². The number of hydrogen-bond acceptors (Lipinski definition) is 5. The predicted octanol–water partition coefficient (Wildman–Crippen LogP) is 6.23. The number of para-hydroxylation sites is 1. The van der Waals surface area contributed by atoms with Crippen LogP contribution in [0.25, 0.3) is 6.08 Å². The summed E-state index contributed by atoms with van der Waals surface area (Å²) < 4.78 is 16.9. The monoisotopic (exact) mass is 467 g/mol. The first-order chi connectivity index (χ1) is 15.4. The van der Waals surface area contributed by atoms with Crippen molar-refractivity contribution in [3.8, 4) is 11.5 Å². The highest BCUT2D eigenvalue weighted by atomic mass is 35.5. The molecular formula is C25H19Cl2NO4. The van der Waals surface area contributed by atoms with Crippen molar-refractivity contribution in [2.45, 2.75) is 13.5 Å². The molecule has 0 fully saturated rings. The number of aryl methyl sites for hydroxylation is 1. The molecule has 0 radical (unpaired) electrons. The highest BCUT2D eigenvalue weighted by molar-refractivity contribution is 6.42. The predicted molar refractivity (Wildman–Crippen MR) is 126 cm³/mol. The van der Waals surface area contributed by atoms with Gasteiger partial charge in [-0.05, 0) is 42.8 Å². The van der Waals surface area contributed by atoms with Crippen LogP contribution in [0.1, 0.15) is 22.3 Å². The molecular weight excluding hydrogens is 449 g/mol. The number of halogens is 2. The molecule has 1 heterocycles. The summed E-state index contributed by atoms with van der Waals surface area (Å²) in [6.07, 6.45) is 1.61. The van der Waals surface area contributed by atoms with Crippen molar-refractivity contribution in [2.75, 3.05) is 7.11 Å². The molecule has 1 aliphatic heterocycles. The zero-order valence-corrected chi connectivity index (χ0v) is 18.9. The number of benzene rings is 3. The fourth-order valence-electron chi connectivity index (χ4n) is 3.23. The molecule has 5 nitrogen and oxygen atoms in total. The zero-order chi connectivity index (χ0) is 22.7. The minimum absolute atomic E-state index is 0.139. The van der Waals surface area contributed by atoms with Crippen molar-refractivity contribution in [1.82, 2.24) is 0 Å². The van der Waals surface area contributed by atoms with Gasteiger partial charge in [0.15, 0.2) is 17.2 Å². The maximum absolute atomic E-state index is 12.5. The van der Waals surface area contributed by atoms with Crippen LogP contribution < -0.4 is 9.47 Å². The SMILES string of the molecule is COc1cccc(/C=C2\N=C(c3ccc(Cl)c(Cl)c3)OC2=O)c1OCc1cccc(C)c1. The molecule has 0 spiro atoms. The summed E-state index contributed by atoms with van der Waals surface area (Å²) in [4.78, 5) is 16.8. The van der Waals surface area contributed by atoms with Crippen LogP contribution >= 0.6 is 23.2 Å². The molecule has 0 atom stereocenters. The molecule has 0 amide bonds. The van der Waals surface area contributed by atoms with E-state index in [0.29, 0.717) is 39.3 Å². The number of carbonyl (C=O) groups excluding carboxylic acids is 1. The van der Waals surface area contributed by atoms with Crippen molar-refractivity contribution in [3.63, 3.8) is 0 Å². The zero-order valence-electron chi connectivity index (χ0n) is 17.4. The molecule has 0 aromatic heterocycles. The molecule has 4 rings (SSSR count). The van der Waals surface area contributed by atoms with E-state index in [2.05, 4.69) is 11.1 Å². The molecule has 0 bridgehead atoms. The fourth-order valence-corrected chi connectivity index (χ4v) is 3.53. The average Bonchev–Trinajstić information content (AvgIpc) is 3.14. The first-order valence-electron chi connectivity index (χ1n) is 9.78. The van der Waals surface area contributed by atoms with Crippen LogP contribution in [0.3, 0.4) is 0 Å². The Hall–Kier alpha value is -3.28. The molecule has 32 heavy (non-hydrogen) atoms. The maximum atomic E-state index is 12.5. The standard InChI is InChI=1S/C25H19Cl2NO4/c1-15-5-3-6-16(11-15)14-31-23-17(7-4-8-22(23)30-2)13-21-25(29)32-24(28-21)18-9-10-19(26)20(27)12-18/h3-13H,14H2,1-2H3/b21-13-. The van der Waals surface area contributed by atoms with E-state index in [1.54, 1.807) is 37.5 Å². The molecule has 1 aliphatic rings. The highest BCUT2D eigenvalue weighted by Gasteiger charge is 2.25. The van der Waals surface area contributed by atoms with E-state index in [9.17, 15) is 4.79 Å². The van der Waals surface area contributed by atoms with Crippen LogP contribution in [0.4, 0.5) is 0 Å². The number of esters is 1. The van der Waals surface area contributed by atoms with Crippen molar-refractivity contribution in [3.05, 3.63) is 98.7 Å². The van der Waals surface area contributed by atoms with Crippen LogP contribution in [-0.4, -0.2) is 19.0 Å². The third-order valence-electron chi connectivity index (χ3n) is 4.77. The summed E-state index contributed by atoms with van der Waals surface area (Å²) in [5.74, 6) is 0.644. The van der Waals surface area contributed by atoms with Crippen molar-refractivity contribution in [2.24, 2.45) is 4.99 Å². The van der Waals surface area contributed by atoms with Gasteiger partial charge in [-0.2, -0.15) is 0 Å². The van der Waals surface area contributed by atoms with E-state index in [1.165, 1.54) is 0 Å². The molecule has 0 saturated heterocycles. The van der Waals surface area contributed by atoms with Gasteiger partial charge in [0.1, 0.15) is 6.61 Å². The van der Waals surface area contributed by atoms with Crippen LogP contribution in [0.15, 0.2) is 71.4 Å². The van der Waals surface area contributed by atoms with Gasteiger partial charge in [0.05, 0.1) is 17.2 Å². The van der Waals surface area contributed by atoms with Gasteiger partial charge in [-0.15, -0.1) is 0 Å². The van der Waals surface area contributed by atoms with Gasteiger partial charge in [-0.1, -0.05) is 65.2 Å². The summed E-state index contributed by atoms with van der Waals surface area (Å²) in [5.41, 5.74) is 3.50. The van der Waals surface area contributed by atoms with E-state index in [4.69, 9.17) is 37.4 Å². The Morgan fingerprint density at radius 3 is 2.59 bits per heavy atom. The molecule has 0 saturated carbocycles. The van der Waals surface area contributed by atoms with Gasteiger partial charge in [-0.25, -0.2) is 9.79 Å². The first kappa shape index (κ1) is 21.9. The van der Waals surface area contributed by atoms with E-state index in [0.717, 1.165) is 11.1 Å². The summed E-state index contributed by atoms with van der Waals surface area (Å²) >= 11 is 12.0. The van der Waals surface area contributed by atoms with Gasteiger partial charge in [0, 0.05) is 11.1 Å². The average molecular weight is 468 g/mol. The second-order valence-electron chi connectivity index (χ2n) is 7.12. The molecule has 7 heteroatoms. The highest BCUT2D eigenvalue weighted by Crippen LogP contribution is 2.34. The number of ether oxygens (including phenoxy) is 3. The van der Waals surface area contributed by atoms with Crippen molar-refractivity contribution >= 4 is 41.1 Å². The first-order valence-corrected chi connectivity index (χ1v) is 10.5. The molecule has 162 valence electrons. The van der Waals surface area contributed by atoms with E-state index < -0.39 is 5.97 Å². The molecule has 3 aromatic rings. The van der Waals surface area contributed by atoms with Gasteiger partial charge in [0.2, 0.25) is 5.90 Å². The van der Waals surface area contributed by atoms with Crippen LogP contribution in [0.5, 0.6) is 11.5 Å². The third kappa shape index (κ3) is 4.79. The minimum Gasteiger partial charge on any atom is -0.493 e. The molecule has 0 unspecified atom stereocenters. The van der Waals surface area contributed by atoms with Gasteiger partial charge in [-0.3, -0.25) is 0 Å². The van der Waals surface area contributed by atoms with Crippen LogP contribution in [-0.2, 0) is 16.1 Å². The number of carbonyl (C=O) groups is 1. The number of cyclic esters (lactones) is 1.